The molecule has 114 valence electrons. The molecule has 1 N–H and O–H groups in total. The van der Waals surface area contributed by atoms with E-state index in [-0.39, 0.29) is 0 Å². The Kier molecular flexibility index (Phi) is 5.70. The third-order valence-electron chi connectivity index (χ3n) is 3.37. The summed E-state index contributed by atoms with van der Waals surface area (Å²) in [5.41, 5.74) is 2.21. The molecular weight excluding hydrogens is 280 g/mol. The maximum Gasteiger partial charge on any atom is 0.131 e. The summed E-state index contributed by atoms with van der Waals surface area (Å²) in [6.07, 6.45) is 1.98. The average molecular weight is 304 g/mol. The topological polar surface area (TPSA) is 41.1 Å². The molecular formula is C16H24N4S. The second-order valence-electron chi connectivity index (χ2n) is 5.34. The van der Waals surface area contributed by atoms with Gasteiger partial charge in [-0.3, -0.25) is 0 Å². The summed E-state index contributed by atoms with van der Waals surface area (Å²) < 4.78 is 0. The van der Waals surface area contributed by atoms with E-state index in [1.165, 1.54) is 4.88 Å². The van der Waals surface area contributed by atoms with Gasteiger partial charge >= 0.3 is 0 Å². The smallest absolute Gasteiger partial charge is 0.131 e. The molecule has 2 heterocycles. The van der Waals surface area contributed by atoms with Crippen molar-refractivity contribution in [1.29, 1.82) is 0 Å². The lowest BCUT2D eigenvalue weighted by Gasteiger charge is -2.25. The van der Waals surface area contributed by atoms with E-state index >= 15 is 0 Å². The number of aromatic nitrogens is 2. The number of hydrogen-bond acceptors (Lipinski definition) is 5. The van der Waals surface area contributed by atoms with Gasteiger partial charge in [0.2, 0.25) is 0 Å². The van der Waals surface area contributed by atoms with Gasteiger partial charge in [0.05, 0.1) is 24.1 Å². The molecule has 2 aromatic heterocycles. The molecule has 21 heavy (non-hydrogen) atoms. The molecule has 0 amide bonds. The fraction of sp³-hybridized carbons (Fsp3) is 0.500. The van der Waals surface area contributed by atoms with Crippen molar-refractivity contribution in [2.75, 3.05) is 18.5 Å². The van der Waals surface area contributed by atoms with Gasteiger partial charge in [-0.1, -0.05) is 19.9 Å². The molecule has 0 saturated heterocycles. The van der Waals surface area contributed by atoms with Gasteiger partial charge in [-0.05, 0) is 25.4 Å². The van der Waals surface area contributed by atoms with Crippen LogP contribution in [0.2, 0.25) is 0 Å². The molecule has 0 unspecified atom stereocenters. The van der Waals surface area contributed by atoms with Crippen molar-refractivity contribution in [3.8, 4) is 0 Å². The Balaban J connectivity index is 2.30. The second-order valence-corrected chi connectivity index (χ2v) is 6.37. The van der Waals surface area contributed by atoms with E-state index in [0.717, 1.165) is 36.8 Å². The van der Waals surface area contributed by atoms with Crippen molar-refractivity contribution in [1.82, 2.24) is 15.3 Å². The maximum atomic E-state index is 4.75. The van der Waals surface area contributed by atoms with Gasteiger partial charge in [-0.2, -0.15) is 0 Å². The highest BCUT2D eigenvalue weighted by Crippen LogP contribution is 2.23. The van der Waals surface area contributed by atoms with Crippen molar-refractivity contribution < 1.29 is 0 Å². The molecule has 0 aromatic carbocycles. The summed E-state index contributed by atoms with van der Waals surface area (Å²) in [6.45, 7) is 9.04. The Morgan fingerprint density at radius 2 is 2.19 bits per heavy atom. The van der Waals surface area contributed by atoms with Crippen LogP contribution < -0.4 is 10.2 Å². The zero-order chi connectivity index (χ0) is 15.2. The maximum absolute atomic E-state index is 4.75. The van der Waals surface area contributed by atoms with Crippen LogP contribution >= 0.6 is 11.3 Å². The van der Waals surface area contributed by atoms with Gasteiger partial charge in [-0.15, -0.1) is 11.3 Å². The number of hydrogen-bond donors (Lipinski definition) is 1. The summed E-state index contributed by atoms with van der Waals surface area (Å²) in [4.78, 5) is 13.0. The summed E-state index contributed by atoms with van der Waals surface area (Å²) >= 11 is 1.79. The fourth-order valence-electron chi connectivity index (χ4n) is 2.22. The fourth-order valence-corrected chi connectivity index (χ4v) is 2.94. The highest BCUT2D eigenvalue weighted by Gasteiger charge is 2.14. The number of anilines is 1. The van der Waals surface area contributed by atoms with E-state index in [4.69, 9.17) is 4.98 Å². The lowest BCUT2D eigenvalue weighted by atomic mass is 10.2. The van der Waals surface area contributed by atoms with Gasteiger partial charge in [0.25, 0.3) is 0 Å². The first-order valence-electron chi connectivity index (χ1n) is 7.43. The van der Waals surface area contributed by atoms with E-state index in [1.54, 1.807) is 11.3 Å². The van der Waals surface area contributed by atoms with Crippen LogP contribution in [0.25, 0.3) is 0 Å². The van der Waals surface area contributed by atoms with Crippen LogP contribution in [-0.2, 0) is 13.1 Å². The predicted molar refractivity (Wildman–Crippen MR) is 89.9 cm³/mol. The number of rotatable bonds is 7. The van der Waals surface area contributed by atoms with Crippen molar-refractivity contribution >= 4 is 17.0 Å². The highest BCUT2D eigenvalue weighted by molar-refractivity contribution is 7.09. The first kappa shape index (κ1) is 15.9. The van der Waals surface area contributed by atoms with E-state index in [2.05, 4.69) is 53.5 Å². The van der Waals surface area contributed by atoms with Crippen LogP contribution in [0.15, 0.2) is 23.7 Å². The zero-order valence-electron chi connectivity index (χ0n) is 13.3. The third-order valence-corrected chi connectivity index (χ3v) is 4.24. The number of thiophene rings is 1. The van der Waals surface area contributed by atoms with Crippen LogP contribution in [0.1, 0.15) is 43.1 Å². The molecule has 2 aromatic rings. The average Bonchev–Trinajstić information content (AvgIpc) is 2.98. The Bertz CT molecular complexity index is 551. The molecule has 0 aliphatic carbocycles. The minimum atomic E-state index is 0.349. The van der Waals surface area contributed by atoms with Crippen LogP contribution in [0.5, 0.6) is 0 Å². The van der Waals surface area contributed by atoms with Crippen LogP contribution in [0, 0.1) is 0 Å². The Hall–Kier alpha value is -1.46. The van der Waals surface area contributed by atoms with Gasteiger partial charge in [-0.25, -0.2) is 9.97 Å². The largest absolute Gasteiger partial charge is 0.364 e. The van der Waals surface area contributed by atoms with Crippen molar-refractivity contribution in [2.24, 2.45) is 0 Å². The van der Waals surface area contributed by atoms with Crippen LogP contribution in [0.4, 0.5) is 5.69 Å². The van der Waals surface area contributed by atoms with E-state index < -0.39 is 0 Å². The summed E-state index contributed by atoms with van der Waals surface area (Å²) in [5.74, 6) is 1.26. The molecule has 0 atom stereocenters. The molecule has 4 nitrogen and oxygen atoms in total. The predicted octanol–water partition coefficient (Wildman–Crippen LogP) is 3.41. The van der Waals surface area contributed by atoms with Gasteiger partial charge in [0.15, 0.2) is 0 Å². The molecule has 0 aliphatic heterocycles. The Morgan fingerprint density at radius 1 is 1.38 bits per heavy atom. The van der Waals surface area contributed by atoms with Crippen molar-refractivity contribution in [2.45, 2.75) is 39.8 Å². The zero-order valence-corrected chi connectivity index (χ0v) is 14.1. The molecule has 0 fully saturated rings. The highest BCUT2D eigenvalue weighted by atomic mass is 32.1. The number of nitrogens with zero attached hydrogens (tertiary/aromatic N) is 3. The van der Waals surface area contributed by atoms with Gasteiger partial charge in [0, 0.05) is 23.9 Å². The lowest BCUT2D eigenvalue weighted by molar-refractivity contribution is 0.712. The lowest BCUT2D eigenvalue weighted by Crippen LogP contribution is -2.25. The molecule has 0 bridgehead atoms. The Morgan fingerprint density at radius 3 is 2.76 bits per heavy atom. The minimum absolute atomic E-state index is 0.349. The SMILES string of the molecule is CCN(Cc1cccs1)c1cnc(C(C)C)nc1CNC. The third kappa shape index (κ3) is 4.02. The van der Waals surface area contributed by atoms with Gasteiger partial charge < -0.3 is 10.2 Å². The normalized spacial score (nSPS) is 11.1. The molecule has 0 aliphatic rings. The molecule has 2 rings (SSSR count). The number of nitrogens with one attached hydrogen (secondary N) is 1. The molecule has 0 radical (unpaired) electrons. The quantitative estimate of drug-likeness (QED) is 0.851. The first-order chi connectivity index (χ1) is 10.2. The van der Waals surface area contributed by atoms with E-state index in [0.29, 0.717) is 5.92 Å². The standard InChI is InChI=1S/C16H24N4S/c1-5-20(11-13-7-6-8-21-13)15-10-18-16(12(2)3)19-14(15)9-17-4/h6-8,10,12,17H,5,9,11H2,1-4H3. The van der Waals surface area contributed by atoms with Crippen molar-refractivity contribution in [3.63, 3.8) is 0 Å². The summed E-state index contributed by atoms with van der Waals surface area (Å²) in [6, 6.07) is 4.27. The second kappa shape index (κ2) is 7.52. The van der Waals surface area contributed by atoms with Crippen molar-refractivity contribution in [3.05, 3.63) is 40.1 Å². The Labute approximate surface area is 131 Å². The molecule has 0 saturated carbocycles. The van der Waals surface area contributed by atoms with Crippen LogP contribution in [0.3, 0.4) is 0 Å². The van der Waals surface area contributed by atoms with Crippen LogP contribution in [-0.4, -0.2) is 23.6 Å². The summed E-state index contributed by atoms with van der Waals surface area (Å²) in [5, 5.41) is 5.34. The van der Waals surface area contributed by atoms with E-state index in [1.807, 2.05) is 13.2 Å². The summed E-state index contributed by atoms with van der Waals surface area (Å²) in [7, 11) is 1.95. The molecule has 5 heteroatoms. The first-order valence-corrected chi connectivity index (χ1v) is 8.31. The monoisotopic (exact) mass is 304 g/mol. The molecule has 0 spiro atoms. The minimum Gasteiger partial charge on any atom is -0.364 e. The van der Waals surface area contributed by atoms with E-state index in [9.17, 15) is 0 Å². The van der Waals surface area contributed by atoms with Gasteiger partial charge in [0.1, 0.15) is 5.82 Å².